The van der Waals surface area contributed by atoms with Crippen LogP contribution in [-0.4, -0.2) is 45.1 Å². The molecule has 1 aromatic heterocycles. The van der Waals surface area contributed by atoms with E-state index in [1.807, 2.05) is 0 Å². The van der Waals surface area contributed by atoms with E-state index >= 15 is 0 Å². The van der Waals surface area contributed by atoms with E-state index in [0.717, 1.165) is 37.2 Å². The monoisotopic (exact) mass is 235 g/mol. The Hall–Kier alpha value is -1.49. The topological polar surface area (TPSA) is 66.3 Å². The second-order valence-electron chi connectivity index (χ2n) is 4.58. The number of hydrogen-bond acceptors (Lipinski definition) is 4. The largest absolute Gasteiger partial charge is 0.477 e. The van der Waals surface area contributed by atoms with Crippen LogP contribution in [0.5, 0.6) is 0 Å². The normalized spacial score (nSPS) is 16.6. The SMILES string of the molecule is CC(C)N1CCc2ncnc(C(=O)O)c2CC1. The molecule has 5 nitrogen and oxygen atoms in total. The standard InChI is InChI=1S/C12H17N3O2/c1-8(2)15-5-3-9-10(4-6-15)13-7-14-11(9)12(16)17/h7-8H,3-6H2,1-2H3,(H,16,17). The summed E-state index contributed by atoms with van der Waals surface area (Å²) in [7, 11) is 0. The van der Waals surface area contributed by atoms with Gasteiger partial charge in [0.05, 0.1) is 0 Å². The summed E-state index contributed by atoms with van der Waals surface area (Å²) in [5.74, 6) is -0.957. The first-order valence-electron chi connectivity index (χ1n) is 5.89. The van der Waals surface area contributed by atoms with Crippen LogP contribution in [0.4, 0.5) is 0 Å². The van der Waals surface area contributed by atoms with Gasteiger partial charge in [0.25, 0.3) is 0 Å². The number of hydrogen-bond donors (Lipinski definition) is 1. The first-order chi connectivity index (χ1) is 8.09. The number of fused-ring (bicyclic) bond motifs is 1. The smallest absolute Gasteiger partial charge is 0.354 e. The molecule has 0 radical (unpaired) electrons. The number of aromatic nitrogens is 2. The second-order valence-corrected chi connectivity index (χ2v) is 4.58. The molecule has 0 saturated heterocycles. The van der Waals surface area contributed by atoms with E-state index in [1.54, 1.807) is 0 Å². The molecule has 1 aromatic rings. The van der Waals surface area contributed by atoms with Crippen LogP contribution in [0, 0.1) is 0 Å². The maximum atomic E-state index is 11.1. The number of carboxylic acids is 1. The van der Waals surface area contributed by atoms with E-state index in [9.17, 15) is 4.79 Å². The Labute approximate surface area is 100 Å². The molecule has 2 rings (SSSR count). The van der Waals surface area contributed by atoms with Gasteiger partial charge in [0.15, 0.2) is 5.69 Å². The minimum absolute atomic E-state index is 0.167. The van der Waals surface area contributed by atoms with Gasteiger partial charge in [-0.3, -0.25) is 0 Å². The lowest BCUT2D eigenvalue weighted by molar-refractivity contribution is 0.0688. The maximum Gasteiger partial charge on any atom is 0.354 e. The second kappa shape index (κ2) is 4.79. The number of carboxylic acid groups (broad SMARTS) is 1. The van der Waals surface area contributed by atoms with Crippen molar-refractivity contribution in [3.63, 3.8) is 0 Å². The van der Waals surface area contributed by atoms with Crippen LogP contribution < -0.4 is 0 Å². The lowest BCUT2D eigenvalue weighted by atomic mass is 10.1. The van der Waals surface area contributed by atoms with E-state index in [4.69, 9.17) is 5.11 Å². The van der Waals surface area contributed by atoms with Crippen molar-refractivity contribution < 1.29 is 9.90 Å². The Morgan fingerprint density at radius 3 is 2.71 bits per heavy atom. The zero-order chi connectivity index (χ0) is 12.4. The summed E-state index contributed by atoms with van der Waals surface area (Å²) in [4.78, 5) is 21.5. The van der Waals surface area contributed by atoms with E-state index in [0.29, 0.717) is 6.04 Å². The average Bonchev–Trinajstić information content (AvgIpc) is 2.50. The summed E-state index contributed by atoms with van der Waals surface area (Å²) in [6, 6.07) is 0.477. The molecule has 0 aromatic carbocycles. The van der Waals surface area contributed by atoms with Gasteiger partial charge in [-0.15, -0.1) is 0 Å². The molecular weight excluding hydrogens is 218 g/mol. The average molecular weight is 235 g/mol. The van der Waals surface area contributed by atoms with Gasteiger partial charge in [-0.1, -0.05) is 0 Å². The molecule has 0 unspecified atom stereocenters. The quantitative estimate of drug-likeness (QED) is 0.827. The fraction of sp³-hybridized carbons (Fsp3) is 0.583. The van der Waals surface area contributed by atoms with Gasteiger partial charge in [-0.05, 0) is 20.3 Å². The third-order valence-electron chi connectivity index (χ3n) is 3.25. The van der Waals surface area contributed by atoms with E-state index in [2.05, 4.69) is 28.7 Å². The van der Waals surface area contributed by atoms with Crippen molar-refractivity contribution in [2.45, 2.75) is 32.7 Å². The van der Waals surface area contributed by atoms with E-state index in [1.165, 1.54) is 6.33 Å². The molecule has 0 bridgehead atoms. The number of aromatic carboxylic acids is 1. The zero-order valence-corrected chi connectivity index (χ0v) is 10.2. The Balaban J connectivity index is 2.30. The van der Waals surface area contributed by atoms with Gasteiger partial charge < -0.3 is 10.0 Å². The predicted octanol–water partition coefficient (Wildman–Crippen LogP) is 0.984. The van der Waals surface area contributed by atoms with Crippen LogP contribution in [-0.2, 0) is 12.8 Å². The van der Waals surface area contributed by atoms with Crippen LogP contribution in [0.2, 0.25) is 0 Å². The van der Waals surface area contributed by atoms with Crippen molar-refractivity contribution in [3.8, 4) is 0 Å². The van der Waals surface area contributed by atoms with Gasteiger partial charge in [-0.25, -0.2) is 14.8 Å². The van der Waals surface area contributed by atoms with E-state index in [-0.39, 0.29) is 5.69 Å². The van der Waals surface area contributed by atoms with Crippen molar-refractivity contribution >= 4 is 5.97 Å². The first-order valence-corrected chi connectivity index (χ1v) is 5.89. The Morgan fingerprint density at radius 1 is 1.35 bits per heavy atom. The molecule has 0 saturated carbocycles. The zero-order valence-electron chi connectivity index (χ0n) is 10.2. The third-order valence-corrected chi connectivity index (χ3v) is 3.25. The molecule has 1 aliphatic rings. The van der Waals surface area contributed by atoms with Gasteiger partial charge in [0.2, 0.25) is 0 Å². The Morgan fingerprint density at radius 2 is 2.06 bits per heavy atom. The summed E-state index contributed by atoms with van der Waals surface area (Å²) in [6.45, 7) is 6.11. The van der Waals surface area contributed by atoms with Crippen LogP contribution in [0.25, 0.3) is 0 Å². The van der Waals surface area contributed by atoms with Crippen LogP contribution in [0.15, 0.2) is 6.33 Å². The Bertz CT molecular complexity index is 432. The molecule has 92 valence electrons. The predicted molar refractivity (Wildman–Crippen MR) is 63.1 cm³/mol. The summed E-state index contributed by atoms with van der Waals surface area (Å²) >= 11 is 0. The van der Waals surface area contributed by atoms with Crippen molar-refractivity contribution in [2.24, 2.45) is 0 Å². The van der Waals surface area contributed by atoms with Gasteiger partial charge in [0, 0.05) is 36.8 Å². The van der Waals surface area contributed by atoms with Crippen molar-refractivity contribution in [2.75, 3.05) is 13.1 Å². The van der Waals surface area contributed by atoms with Gasteiger partial charge >= 0.3 is 5.97 Å². The highest BCUT2D eigenvalue weighted by Crippen LogP contribution is 2.17. The summed E-state index contributed by atoms with van der Waals surface area (Å²) in [5.41, 5.74) is 1.87. The molecule has 1 aliphatic heterocycles. The highest BCUT2D eigenvalue weighted by molar-refractivity contribution is 5.87. The highest BCUT2D eigenvalue weighted by Gasteiger charge is 2.22. The van der Waals surface area contributed by atoms with Crippen molar-refractivity contribution in [1.82, 2.24) is 14.9 Å². The molecule has 2 heterocycles. The Kier molecular flexibility index (Phi) is 3.38. The number of rotatable bonds is 2. The molecule has 0 fully saturated rings. The van der Waals surface area contributed by atoms with Crippen molar-refractivity contribution in [1.29, 1.82) is 0 Å². The number of carbonyl (C=O) groups is 1. The fourth-order valence-corrected chi connectivity index (χ4v) is 2.24. The fourth-order valence-electron chi connectivity index (χ4n) is 2.24. The molecule has 0 aliphatic carbocycles. The molecule has 17 heavy (non-hydrogen) atoms. The summed E-state index contributed by atoms with van der Waals surface area (Å²) in [6.07, 6.45) is 2.87. The molecule has 0 amide bonds. The third kappa shape index (κ3) is 2.44. The summed E-state index contributed by atoms with van der Waals surface area (Å²) in [5, 5.41) is 9.10. The highest BCUT2D eigenvalue weighted by atomic mass is 16.4. The molecule has 0 atom stereocenters. The van der Waals surface area contributed by atoms with Crippen LogP contribution >= 0.6 is 0 Å². The minimum Gasteiger partial charge on any atom is -0.477 e. The molecule has 1 N–H and O–H groups in total. The first kappa shape index (κ1) is 12.0. The van der Waals surface area contributed by atoms with Gasteiger partial charge in [0.1, 0.15) is 6.33 Å². The molecule has 5 heteroatoms. The van der Waals surface area contributed by atoms with Gasteiger partial charge in [-0.2, -0.15) is 0 Å². The molecular formula is C12H17N3O2. The minimum atomic E-state index is -0.957. The van der Waals surface area contributed by atoms with Crippen LogP contribution in [0.3, 0.4) is 0 Å². The lowest BCUT2D eigenvalue weighted by Gasteiger charge is -2.23. The maximum absolute atomic E-state index is 11.1. The lowest BCUT2D eigenvalue weighted by Crippen LogP contribution is -2.33. The summed E-state index contributed by atoms with van der Waals surface area (Å²) < 4.78 is 0. The molecule has 0 spiro atoms. The van der Waals surface area contributed by atoms with Crippen LogP contribution in [0.1, 0.15) is 35.6 Å². The van der Waals surface area contributed by atoms with Crippen molar-refractivity contribution in [3.05, 3.63) is 23.3 Å². The van der Waals surface area contributed by atoms with E-state index < -0.39 is 5.97 Å². The number of nitrogens with zero attached hydrogens (tertiary/aromatic N) is 3.